The fraction of sp³-hybridized carbons (Fsp3) is 0.125. The van der Waals surface area contributed by atoms with Crippen LogP contribution in [-0.4, -0.2) is 28.3 Å². The maximum absolute atomic E-state index is 12.0. The molecule has 2 aromatic heterocycles. The highest BCUT2D eigenvalue weighted by atomic mass is 16.3. The van der Waals surface area contributed by atoms with Crippen LogP contribution in [0.3, 0.4) is 0 Å². The van der Waals surface area contributed by atoms with Crippen LogP contribution < -0.4 is 10.6 Å². The first kappa shape index (κ1) is 14.7. The van der Waals surface area contributed by atoms with Gasteiger partial charge in [-0.1, -0.05) is 12.1 Å². The summed E-state index contributed by atoms with van der Waals surface area (Å²) in [6.07, 6.45) is 2.92. The third kappa shape index (κ3) is 3.70. The van der Waals surface area contributed by atoms with Crippen molar-refractivity contribution in [2.45, 2.75) is 6.54 Å². The first-order chi connectivity index (χ1) is 11.2. The Hall–Kier alpha value is -3.22. The Morgan fingerprint density at radius 3 is 2.65 bits per heavy atom. The van der Waals surface area contributed by atoms with E-state index in [1.165, 1.54) is 12.5 Å². The van der Waals surface area contributed by atoms with Crippen LogP contribution in [0.4, 0.5) is 0 Å². The average Bonchev–Trinajstić information content (AvgIpc) is 3.11. The van der Waals surface area contributed by atoms with Gasteiger partial charge in [-0.15, -0.1) is 0 Å². The van der Waals surface area contributed by atoms with Crippen LogP contribution in [-0.2, 0) is 11.3 Å². The topological polar surface area (TPSA) is 97.1 Å². The molecule has 0 radical (unpaired) electrons. The van der Waals surface area contributed by atoms with Gasteiger partial charge in [0.1, 0.15) is 11.5 Å². The third-order valence-electron chi connectivity index (χ3n) is 3.13. The monoisotopic (exact) mass is 310 g/mol. The quantitative estimate of drug-likeness (QED) is 0.739. The van der Waals surface area contributed by atoms with Crippen LogP contribution in [0.15, 0.2) is 53.3 Å². The highest BCUT2D eigenvalue weighted by molar-refractivity contribution is 5.95. The molecule has 0 aliphatic heterocycles. The van der Waals surface area contributed by atoms with Gasteiger partial charge >= 0.3 is 0 Å². The standard InChI is InChI=1S/C16H14N4O3/c21-15(18-8-11-4-3-7-23-11)10-19-16(22)14-9-17-12-5-1-2-6-13(12)20-14/h1-7,9H,8,10H2,(H,18,21)(H,19,22). The molecule has 2 heterocycles. The van der Waals surface area contributed by atoms with E-state index in [2.05, 4.69) is 20.6 Å². The van der Waals surface area contributed by atoms with Crippen molar-refractivity contribution in [3.63, 3.8) is 0 Å². The third-order valence-corrected chi connectivity index (χ3v) is 3.13. The molecule has 7 nitrogen and oxygen atoms in total. The number of benzene rings is 1. The van der Waals surface area contributed by atoms with Gasteiger partial charge in [-0.25, -0.2) is 4.98 Å². The molecule has 116 valence electrons. The fourth-order valence-corrected chi connectivity index (χ4v) is 1.98. The minimum atomic E-state index is -0.448. The van der Waals surface area contributed by atoms with Gasteiger partial charge in [-0.3, -0.25) is 14.6 Å². The van der Waals surface area contributed by atoms with Gasteiger partial charge in [-0.05, 0) is 24.3 Å². The summed E-state index contributed by atoms with van der Waals surface area (Å²) < 4.78 is 5.10. The van der Waals surface area contributed by atoms with Crippen LogP contribution in [0.25, 0.3) is 11.0 Å². The molecule has 0 atom stereocenters. The van der Waals surface area contributed by atoms with Crippen molar-refractivity contribution in [2.75, 3.05) is 6.54 Å². The molecule has 2 amide bonds. The number of rotatable bonds is 5. The van der Waals surface area contributed by atoms with E-state index in [-0.39, 0.29) is 24.7 Å². The Morgan fingerprint density at radius 2 is 1.87 bits per heavy atom. The number of para-hydroxylation sites is 2. The van der Waals surface area contributed by atoms with Crippen LogP contribution in [0, 0.1) is 0 Å². The molecule has 0 saturated heterocycles. The Kier molecular flexibility index (Phi) is 4.28. The van der Waals surface area contributed by atoms with E-state index >= 15 is 0 Å². The maximum Gasteiger partial charge on any atom is 0.271 e. The molecule has 2 N–H and O–H groups in total. The van der Waals surface area contributed by atoms with Crippen molar-refractivity contribution >= 4 is 22.8 Å². The number of fused-ring (bicyclic) bond motifs is 1. The predicted molar refractivity (Wildman–Crippen MR) is 82.4 cm³/mol. The molecule has 1 aromatic carbocycles. The summed E-state index contributed by atoms with van der Waals surface area (Å²) in [5.41, 5.74) is 1.50. The van der Waals surface area contributed by atoms with Crippen LogP contribution >= 0.6 is 0 Å². The van der Waals surface area contributed by atoms with Gasteiger partial charge in [0.25, 0.3) is 5.91 Å². The normalized spacial score (nSPS) is 10.4. The number of hydrogen-bond acceptors (Lipinski definition) is 5. The van der Waals surface area contributed by atoms with Crippen molar-refractivity contribution in [3.8, 4) is 0 Å². The van der Waals surface area contributed by atoms with E-state index in [9.17, 15) is 9.59 Å². The summed E-state index contributed by atoms with van der Waals surface area (Å²) in [4.78, 5) is 32.1. The smallest absolute Gasteiger partial charge is 0.271 e. The van der Waals surface area contributed by atoms with Gasteiger partial charge in [0.15, 0.2) is 0 Å². The number of nitrogens with zero attached hydrogens (tertiary/aromatic N) is 2. The lowest BCUT2D eigenvalue weighted by atomic mass is 10.3. The van der Waals surface area contributed by atoms with E-state index in [1.54, 1.807) is 18.2 Å². The van der Waals surface area contributed by atoms with Gasteiger partial charge < -0.3 is 15.1 Å². The number of carbonyl (C=O) groups is 2. The van der Waals surface area contributed by atoms with Crippen LogP contribution in [0.1, 0.15) is 16.2 Å². The van der Waals surface area contributed by atoms with Gasteiger partial charge in [-0.2, -0.15) is 0 Å². The summed E-state index contributed by atoms with van der Waals surface area (Å²) in [5, 5.41) is 5.15. The van der Waals surface area contributed by atoms with Crippen molar-refractivity contribution in [2.24, 2.45) is 0 Å². The molecule has 7 heteroatoms. The molecule has 3 aromatic rings. The summed E-state index contributed by atoms with van der Waals surface area (Å²) in [7, 11) is 0. The minimum absolute atomic E-state index is 0.145. The molecule has 0 aliphatic carbocycles. The van der Waals surface area contributed by atoms with E-state index in [0.717, 1.165) is 0 Å². The molecular formula is C16H14N4O3. The van der Waals surface area contributed by atoms with Crippen LogP contribution in [0.5, 0.6) is 0 Å². The summed E-state index contributed by atoms with van der Waals surface area (Å²) >= 11 is 0. The average molecular weight is 310 g/mol. The zero-order chi connectivity index (χ0) is 16.1. The molecule has 0 fully saturated rings. The first-order valence-corrected chi connectivity index (χ1v) is 7.01. The van der Waals surface area contributed by atoms with Gasteiger partial charge in [0.2, 0.25) is 5.91 Å². The highest BCUT2D eigenvalue weighted by Gasteiger charge is 2.11. The number of carbonyl (C=O) groups excluding carboxylic acids is 2. The SMILES string of the molecule is O=C(CNC(=O)c1cnc2ccccc2n1)NCc1ccco1. The molecule has 23 heavy (non-hydrogen) atoms. The summed E-state index contributed by atoms with van der Waals surface area (Å²) in [5.74, 6) is -0.120. The molecule has 0 aliphatic rings. The lowest BCUT2D eigenvalue weighted by Crippen LogP contribution is -2.36. The highest BCUT2D eigenvalue weighted by Crippen LogP contribution is 2.08. The summed E-state index contributed by atoms with van der Waals surface area (Å²) in [6, 6.07) is 10.7. The zero-order valence-corrected chi connectivity index (χ0v) is 12.2. The Bertz CT molecular complexity index is 830. The number of hydrogen-bond donors (Lipinski definition) is 2. The van der Waals surface area contributed by atoms with Crippen molar-refractivity contribution < 1.29 is 14.0 Å². The second kappa shape index (κ2) is 6.69. The summed E-state index contributed by atoms with van der Waals surface area (Å²) in [6.45, 7) is 0.130. The molecular weight excluding hydrogens is 296 g/mol. The molecule has 0 bridgehead atoms. The second-order valence-electron chi connectivity index (χ2n) is 4.78. The zero-order valence-electron chi connectivity index (χ0n) is 12.2. The molecule has 0 saturated carbocycles. The van der Waals surface area contributed by atoms with Gasteiger partial charge in [0, 0.05) is 0 Å². The van der Waals surface area contributed by atoms with Crippen molar-refractivity contribution in [1.29, 1.82) is 0 Å². The maximum atomic E-state index is 12.0. The largest absolute Gasteiger partial charge is 0.467 e. The van der Waals surface area contributed by atoms with Crippen LogP contribution in [0.2, 0.25) is 0 Å². The Balaban J connectivity index is 1.54. The van der Waals surface area contributed by atoms with Crippen molar-refractivity contribution in [1.82, 2.24) is 20.6 Å². The number of nitrogens with one attached hydrogen (secondary N) is 2. The first-order valence-electron chi connectivity index (χ1n) is 7.01. The lowest BCUT2D eigenvalue weighted by molar-refractivity contribution is -0.120. The lowest BCUT2D eigenvalue weighted by Gasteiger charge is -2.06. The minimum Gasteiger partial charge on any atom is -0.467 e. The molecule has 0 spiro atoms. The number of amides is 2. The van der Waals surface area contributed by atoms with E-state index in [0.29, 0.717) is 16.8 Å². The predicted octanol–water partition coefficient (Wildman–Crippen LogP) is 1.27. The van der Waals surface area contributed by atoms with Crippen molar-refractivity contribution in [3.05, 3.63) is 60.3 Å². The van der Waals surface area contributed by atoms with E-state index in [4.69, 9.17) is 4.42 Å². The number of aromatic nitrogens is 2. The number of furan rings is 1. The molecule has 3 rings (SSSR count). The Labute approximate surface area is 131 Å². The fourth-order valence-electron chi connectivity index (χ4n) is 1.98. The Morgan fingerprint density at radius 1 is 1.04 bits per heavy atom. The van der Waals surface area contributed by atoms with E-state index in [1.807, 2.05) is 18.2 Å². The molecule has 0 unspecified atom stereocenters. The second-order valence-corrected chi connectivity index (χ2v) is 4.78. The van der Waals surface area contributed by atoms with E-state index < -0.39 is 5.91 Å². The van der Waals surface area contributed by atoms with Gasteiger partial charge in [0.05, 0.1) is 36.6 Å².